The third-order valence-corrected chi connectivity index (χ3v) is 3.97. The Balaban J connectivity index is 1.63. The number of carbonyl (C=O) groups is 2. The van der Waals surface area contributed by atoms with Crippen LogP contribution in [0.3, 0.4) is 0 Å². The molecule has 0 unspecified atom stereocenters. The average molecular weight is 323 g/mol. The Kier molecular flexibility index (Phi) is 4.49. The molecule has 1 N–H and O–H groups in total. The fraction of sp³-hybridized carbons (Fsp3) is 0. The third kappa shape index (κ3) is 3.84. The number of hydrogen-bond donors (Lipinski definition) is 1. The van der Waals surface area contributed by atoms with E-state index in [2.05, 4.69) is 5.32 Å². The van der Waals surface area contributed by atoms with Crippen molar-refractivity contribution >= 4 is 34.8 Å². The van der Waals surface area contributed by atoms with Crippen molar-refractivity contribution in [1.82, 2.24) is 0 Å². The van der Waals surface area contributed by atoms with Crippen molar-refractivity contribution < 1.29 is 14.0 Å². The van der Waals surface area contributed by atoms with E-state index in [0.29, 0.717) is 16.3 Å². The quantitative estimate of drug-likeness (QED) is 0.556. The van der Waals surface area contributed by atoms with Gasteiger partial charge in [0, 0.05) is 5.69 Å². The molecule has 5 heteroatoms. The number of allylic oxidation sites excluding steroid dienone is 1. The summed E-state index contributed by atoms with van der Waals surface area (Å²) in [5.74, 6) is -0.0116. The molecule has 0 atom stereocenters. The van der Waals surface area contributed by atoms with Crippen molar-refractivity contribution in [3.8, 4) is 0 Å². The smallest absolute Gasteiger partial charge is 0.265 e. The van der Waals surface area contributed by atoms with E-state index in [9.17, 15) is 9.59 Å². The number of ketones is 1. The molecule has 2 aromatic heterocycles. The van der Waals surface area contributed by atoms with Crippen LogP contribution in [0.15, 0.2) is 70.7 Å². The van der Waals surface area contributed by atoms with Crippen molar-refractivity contribution in [2.45, 2.75) is 0 Å². The summed E-state index contributed by atoms with van der Waals surface area (Å²) in [5, 5.41) is 4.68. The van der Waals surface area contributed by atoms with E-state index in [1.54, 1.807) is 36.4 Å². The first kappa shape index (κ1) is 15.0. The Hall–Kier alpha value is -2.92. The average Bonchev–Trinajstić information content (AvgIpc) is 3.27. The zero-order valence-corrected chi connectivity index (χ0v) is 12.9. The van der Waals surface area contributed by atoms with Gasteiger partial charge in [0.15, 0.2) is 5.76 Å². The van der Waals surface area contributed by atoms with E-state index in [1.165, 1.54) is 23.7 Å². The first-order chi connectivity index (χ1) is 11.2. The summed E-state index contributed by atoms with van der Waals surface area (Å²) in [5.41, 5.74) is 1.57. The molecule has 3 rings (SSSR count). The predicted octanol–water partition coefficient (Wildman–Crippen LogP) is 4.49. The minimum atomic E-state index is -0.190. The molecular weight excluding hydrogens is 310 g/mol. The van der Waals surface area contributed by atoms with Crippen LogP contribution in [0.5, 0.6) is 0 Å². The number of hydrogen-bond acceptors (Lipinski definition) is 4. The lowest BCUT2D eigenvalue weighted by Gasteiger charge is -2.03. The molecule has 3 aromatic rings. The van der Waals surface area contributed by atoms with E-state index in [-0.39, 0.29) is 11.7 Å². The van der Waals surface area contributed by atoms with Gasteiger partial charge in [-0.1, -0.05) is 24.3 Å². The maximum atomic E-state index is 11.9. The van der Waals surface area contributed by atoms with Crippen LogP contribution in [-0.2, 0) is 0 Å². The fourth-order valence-corrected chi connectivity index (χ4v) is 2.57. The van der Waals surface area contributed by atoms with Gasteiger partial charge in [0.1, 0.15) is 0 Å². The summed E-state index contributed by atoms with van der Waals surface area (Å²) < 4.78 is 5.03. The van der Waals surface area contributed by atoms with Crippen LogP contribution in [0.4, 0.5) is 5.69 Å². The zero-order valence-electron chi connectivity index (χ0n) is 12.1. The first-order valence-corrected chi connectivity index (χ1v) is 7.81. The molecule has 0 aliphatic heterocycles. The second-order valence-corrected chi connectivity index (χ2v) is 5.68. The van der Waals surface area contributed by atoms with E-state index in [1.807, 2.05) is 23.6 Å². The number of rotatable bonds is 5. The highest BCUT2D eigenvalue weighted by atomic mass is 32.1. The second-order valence-electron chi connectivity index (χ2n) is 4.73. The normalized spacial score (nSPS) is 10.8. The lowest BCUT2D eigenvalue weighted by atomic mass is 10.1. The number of amides is 1. The molecule has 0 saturated heterocycles. The van der Waals surface area contributed by atoms with E-state index < -0.39 is 0 Å². The standard InChI is InChI=1S/C18H13NO3S/c20-15(16-3-1-11-22-16)10-7-13-5-8-14(9-6-13)19-18(21)17-4-2-12-23-17/h1-12H,(H,19,21). The molecular formula is C18H13NO3S. The molecule has 2 heterocycles. The first-order valence-electron chi connectivity index (χ1n) is 6.93. The molecule has 4 nitrogen and oxygen atoms in total. The highest BCUT2D eigenvalue weighted by molar-refractivity contribution is 7.12. The molecule has 1 aromatic carbocycles. The summed E-state index contributed by atoms with van der Waals surface area (Å²) in [6.07, 6.45) is 4.62. The molecule has 0 radical (unpaired) electrons. The Morgan fingerprint density at radius 2 is 1.87 bits per heavy atom. The van der Waals surface area contributed by atoms with Crippen LogP contribution in [-0.4, -0.2) is 11.7 Å². The molecule has 23 heavy (non-hydrogen) atoms. The summed E-state index contributed by atoms with van der Waals surface area (Å²) in [6, 6.07) is 14.2. The molecule has 0 fully saturated rings. The van der Waals surface area contributed by atoms with Gasteiger partial charge in [-0.05, 0) is 47.4 Å². The molecule has 1 amide bonds. The van der Waals surface area contributed by atoms with Crippen molar-refractivity contribution in [3.05, 3.63) is 82.5 Å². The number of anilines is 1. The summed E-state index contributed by atoms with van der Waals surface area (Å²) in [6.45, 7) is 0. The largest absolute Gasteiger partial charge is 0.461 e. The van der Waals surface area contributed by atoms with E-state index in [4.69, 9.17) is 4.42 Å². The van der Waals surface area contributed by atoms with Gasteiger partial charge in [-0.15, -0.1) is 11.3 Å². The number of furan rings is 1. The number of carbonyl (C=O) groups excluding carboxylic acids is 2. The van der Waals surface area contributed by atoms with Gasteiger partial charge < -0.3 is 9.73 Å². The van der Waals surface area contributed by atoms with Gasteiger partial charge in [-0.25, -0.2) is 0 Å². The SMILES string of the molecule is O=C(C=Cc1ccc(NC(=O)c2cccs2)cc1)c1ccco1. The van der Waals surface area contributed by atoms with Crippen molar-refractivity contribution in [2.75, 3.05) is 5.32 Å². The summed E-state index contributed by atoms with van der Waals surface area (Å²) in [4.78, 5) is 24.4. The topological polar surface area (TPSA) is 59.3 Å². The van der Waals surface area contributed by atoms with Crippen LogP contribution < -0.4 is 5.32 Å². The Morgan fingerprint density at radius 3 is 2.52 bits per heavy atom. The lowest BCUT2D eigenvalue weighted by molar-refractivity contribution is 0.101. The van der Waals surface area contributed by atoms with Gasteiger partial charge in [0.2, 0.25) is 5.78 Å². The Morgan fingerprint density at radius 1 is 1.04 bits per heavy atom. The van der Waals surface area contributed by atoms with Crippen LogP contribution in [0.25, 0.3) is 6.08 Å². The maximum Gasteiger partial charge on any atom is 0.265 e. The van der Waals surface area contributed by atoms with Crippen LogP contribution in [0.2, 0.25) is 0 Å². The van der Waals surface area contributed by atoms with Gasteiger partial charge in [-0.3, -0.25) is 9.59 Å². The monoisotopic (exact) mass is 323 g/mol. The number of benzene rings is 1. The van der Waals surface area contributed by atoms with Gasteiger partial charge in [-0.2, -0.15) is 0 Å². The molecule has 0 saturated carbocycles. The highest BCUT2D eigenvalue weighted by Gasteiger charge is 2.06. The van der Waals surface area contributed by atoms with Crippen LogP contribution >= 0.6 is 11.3 Å². The molecule has 0 aliphatic carbocycles. The van der Waals surface area contributed by atoms with Crippen LogP contribution in [0, 0.1) is 0 Å². The Labute approximate surface area is 137 Å². The van der Waals surface area contributed by atoms with Crippen molar-refractivity contribution in [3.63, 3.8) is 0 Å². The lowest BCUT2D eigenvalue weighted by Crippen LogP contribution is -2.09. The number of thiophene rings is 1. The molecule has 0 aliphatic rings. The van der Waals surface area contributed by atoms with E-state index in [0.717, 1.165) is 5.56 Å². The fourth-order valence-electron chi connectivity index (χ4n) is 1.95. The van der Waals surface area contributed by atoms with Gasteiger partial charge in [0.05, 0.1) is 11.1 Å². The Bertz CT molecular complexity index is 816. The molecule has 114 valence electrons. The predicted molar refractivity (Wildman–Crippen MR) is 90.8 cm³/mol. The second kappa shape index (κ2) is 6.89. The minimum Gasteiger partial charge on any atom is -0.461 e. The minimum absolute atomic E-state index is 0.128. The van der Waals surface area contributed by atoms with E-state index >= 15 is 0 Å². The van der Waals surface area contributed by atoms with Crippen LogP contribution in [0.1, 0.15) is 25.8 Å². The molecule has 0 bridgehead atoms. The maximum absolute atomic E-state index is 11.9. The molecule has 0 spiro atoms. The van der Waals surface area contributed by atoms with Gasteiger partial charge >= 0.3 is 0 Å². The third-order valence-electron chi connectivity index (χ3n) is 3.10. The highest BCUT2D eigenvalue weighted by Crippen LogP contribution is 2.15. The summed E-state index contributed by atoms with van der Waals surface area (Å²) >= 11 is 1.39. The van der Waals surface area contributed by atoms with Crippen molar-refractivity contribution in [1.29, 1.82) is 0 Å². The van der Waals surface area contributed by atoms with Gasteiger partial charge in [0.25, 0.3) is 5.91 Å². The summed E-state index contributed by atoms with van der Waals surface area (Å²) in [7, 11) is 0. The van der Waals surface area contributed by atoms with Crippen molar-refractivity contribution in [2.24, 2.45) is 0 Å². The zero-order chi connectivity index (χ0) is 16.1. The number of nitrogens with one attached hydrogen (secondary N) is 1.